The van der Waals surface area contributed by atoms with Gasteiger partial charge in [0.05, 0.1) is 13.7 Å². The molecule has 3 nitrogen and oxygen atoms in total. The fourth-order valence-corrected chi connectivity index (χ4v) is 1.47. The summed E-state index contributed by atoms with van der Waals surface area (Å²) >= 11 is 0. The van der Waals surface area contributed by atoms with E-state index in [1.807, 2.05) is 19.1 Å². The summed E-state index contributed by atoms with van der Waals surface area (Å²) in [5.41, 5.74) is 2.28. The van der Waals surface area contributed by atoms with Gasteiger partial charge in [-0.1, -0.05) is 19.1 Å². The molecule has 0 heterocycles. The highest BCUT2D eigenvalue weighted by atomic mass is 16.6. The minimum Gasteiger partial charge on any atom is -0.496 e. The van der Waals surface area contributed by atoms with Crippen LogP contribution in [-0.4, -0.2) is 25.6 Å². The van der Waals surface area contributed by atoms with Crippen molar-refractivity contribution in [3.63, 3.8) is 0 Å². The van der Waals surface area contributed by atoms with Crippen LogP contribution in [0.5, 0.6) is 5.75 Å². The second-order valence-electron chi connectivity index (χ2n) is 3.63. The van der Waals surface area contributed by atoms with Crippen molar-refractivity contribution in [2.75, 3.05) is 20.5 Å². The van der Waals surface area contributed by atoms with Gasteiger partial charge in [-0.05, 0) is 24.1 Å². The third-order valence-electron chi connectivity index (χ3n) is 2.46. The van der Waals surface area contributed by atoms with Crippen molar-refractivity contribution in [1.82, 2.24) is 0 Å². The molecule has 1 N–H and O–H groups in total. The lowest BCUT2D eigenvalue weighted by molar-refractivity contribution is -0.00626. The third kappa shape index (κ3) is 3.22. The SMILES string of the molecule is COc1cc([C@H](C)COCO)ccc1C. The Hall–Kier alpha value is -1.06. The first-order valence-electron chi connectivity index (χ1n) is 5.02. The molecule has 0 saturated heterocycles. The van der Waals surface area contributed by atoms with Gasteiger partial charge < -0.3 is 14.6 Å². The Morgan fingerprint density at radius 1 is 1.40 bits per heavy atom. The topological polar surface area (TPSA) is 38.7 Å². The number of hydrogen-bond acceptors (Lipinski definition) is 3. The predicted molar refractivity (Wildman–Crippen MR) is 59.2 cm³/mol. The van der Waals surface area contributed by atoms with E-state index in [0.717, 1.165) is 16.9 Å². The maximum absolute atomic E-state index is 8.56. The van der Waals surface area contributed by atoms with Gasteiger partial charge in [0, 0.05) is 5.92 Å². The van der Waals surface area contributed by atoms with Crippen molar-refractivity contribution in [2.45, 2.75) is 19.8 Å². The van der Waals surface area contributed by atoms with Gasteiger partial charge in [0.15, 0.2) is 0 Å². The minimum absolute atomic E-state index is 0.229. The van der Waals surface area contributed by atoms with Crippen LogP contribution in [0, 0.1) is 6.92 Å². The molecule has 0 aliphatic rings. The summed E-state index contributed by atoms with van der Waals surface area (Å²) in [4.78, 5) is 0. The molecule has 0 saturated carbocycles. The number of benzene rings is 1. The van der Waals surface area contributed by atoms with Crippen molar-refractivity contribution in [2.24, 2.45) is 0 Å². The van der Waals surface area contributed by atoms with Crippen molar-refractivity contribution < 1.29 is 14.6 Å². The highest BCUT2D eigenvalue weighted by Gasteiger charge is 2.08. The Balaban J connectivity index is 2.76. The van der Waals surface area contributed by atoms with Crippen LogP contribution in [0.3, 0.4) is 0 Å². The van der Waals surface area contributed by atoms with Gasteiger partial charge in [0.2, 0.25) is 0 Å². The highest BCUT2D eigenvalue weighted by Crippen LogP contribution is 2.24. The second kappa shape index (κ2) is 5.73. The number of aliphatic hydroxyl groups excluding tert-OH is 1. The van der Waals surface area contributed by atoms with Gasteiger partial charge in [0.25, 0.3) is 0 Å². The maximum atomic E-state index is 8.56. The molecule has 0 bridgehead atoms. The van der Waals surface area contributed by atoms with E-state index >= 15 is 0 Å². The third-order valence-corrected chi connectivity index (χ3v) is 2.46. The number of methoxy groups -OCH3 is 1. The Bertz CT molecular complexity index is 310. The molecule has 0 aliphatic carbocycles. The average molecular weight is 210 g/mol. The molecule has 84 valence electrons. The zero-order chi connectivity index (χ0) is 11.3. The van der Waals surface area contributed by atoms with Crippen molar-refractivity contribution in [3.05, 3.63) is 29.3 Å². The zero-order valence-corrected chi connectivity index (χ0v) is 9.49. The number of hydrogen-bond donors (Lipinski definition) is 1. The monoisotopic (exact) mass is 210 g/mol. The summed E-state index contributed by atoms with van der Waals surface area (Å²) in [5, 5.41) is 8.56. The summed E-state index contributed by atoms with van der Waals surface area (Å²) in [6, 6.07) is 6.10. The molecule has 0 aliphatic heterocycles. The molecular weight excluding hydrogens is 192 g/mol. The smallest absolute Gasteiger partial charge is 0.143 e. The van der Waals surface area contributed by atoms with Crippen LogP contribution >= 0.6 is 0 Å². The molecule has 1 rings (SSSR count). The maximum Gasteiger partial charge on any atom is 0.143 e. The van der Waals surface area contributed by atoms with Crippen LogP contribution < -0.4 is 4.74 Å². The standard InChI is InChI=1S/C12H18O3/c1-9-4-5-11(6-12(9)14-3)10(2)7-15-8-13/h4-6,10,13H,7-8H2,1-3H3/t10-/m1/s1. The normalized spacial score (nSPS) is 12.5. The number of aliphatic hydroxyl groups is 1. The zero-order valence-electron chi connectivity index (χ0n) is 9.49. The lowest BCUT2D eigenvalue weighted by Crippen LogP contribution is -2.05. The van der Waals surface area contributed by atoms with Gasteiger partial charge >= 0.3 is 0 Å². The minimum atomic E-state index is -0.229. The lowest BCUT2D eigenvalue weighted by atomic mass is 10.0. The molecular formula is C12H18O3. The van der Waals surface area contributed by atoms with E-state index in [-0.39, 0.29) is 12.7 Å². The van der Waals surface area contributed by atoms with Crippen molar-refractivity contribution in [1.29, 1.82) is 0 Å². The molecule has 15 heavy (non-hydrogen) atoms. The Morgan fingerprint density at radius 2 is 2.13 bits per heavy atom. The summed E-state index contributed by atoms with van der Waals surface area (Å²) in [5.74, 6) is 1.15. The average Bonchev–Trinajstić information content (AvgIpc) is 2.26. The molecule has 0 spiro atoms. The molecule has 0 fully saturated rings. The van der Waals surface area contributed by atoms with E-state index in [4.69, 9.17) is 14.6 Å². The van der Waals surface area contributed by atoms with Crippen molar-refractivity contribution in [3.8, 4) is 5.75 Å². The fourth-order valence-electron chi connectivity index (χ4n) is 1.47. The first-order valence-corrected chi connectivity index (χ1v) is 5.02. The summed E-state index contributed by atoms with van der Waals surface area (Å²) in [6.07, 6.45) is 0. The predicted octanol–water partition coefficient (Wildman–Crippen LogP) is 2.07. The fraction of sp³-hybridized carbons (Fsp3) is 0.500. The van der Waals surface area contributed by atoms with Gasteiger partial charge in [0.1, 0.15) is 12.5 Å². The van der Waals surface area contributed by atoms with Crippen LogP contribution in [0.25, 0.3) is 0 Å². The van der Waals surface area contributed by atoms with E-state index in [9.17, 15) is 0 Å². The van der Waals surface area contributed by atoms with Gasteiger partial charge in [-0.2, -0.15) is 0 Å². The Morgan fingerprint density at radius 3 is 2.73 bits per heavy atom. The first-order chi connectivity index (χ1) is 7.19. The lowest BCUT2D eigenvalue weighted by Gasteiger charge is -2.13. The van der Waals surface area contributed by atoms with Gasteiger partial charge in [-0.25, -0.2) is 0 Å². The van der Waals surface area contributed by atoms with E-state index < -0.39 is 0 Å². The molecule has 1 atom stereocenters. The first kappa shape index (κ1) is 12.0. The summed E-state index contributed by atoms with van der Waals surface area (Å²) < 4.78 is 10.2. The molecule has 0 aromatic heterocycles. The molecule has 0 unspecified atom stereocenters. The summed E-state index contributed by atoms with van der Waals surface area (Å²) in [6.45, 7) is 4.35. The Labute approximate surface area is 90.6 Å². The molecule has 3 heteroatoms. The van der Waals surface area contributed by atoms with E-state index in [1.165, 1.54) is 0 Å². The molecule has 0 amide bonds. The second-order valence-corrected chi connectivity index (χ2v) is 3.63. The van der Waals surface area contributed by atoms with Crippen LogP contribution in [-0.2, 0) is 4.74 Å². The van der Waals surface area contributed by atoms with Gasteiger partial charge in [-0.15, -0.1) is 0 Å². The van der Waals surface area contributed by atoms with E-state index in [0.29, 0.717) is 6.61 Å². The summed E-state index contributed by atoms with van der Waals surface area (Å²) in [7, 11) is 1.67. The van der Waals surface area contributed by atoms with Crippen molar-refractivity contribution >= 4 is 0 Å². The Kier molecular flexibility index (Phi) is 4.59. The number of rotatable bonds is 5. The molecule has 1 aromatic carbocycles. The van der Waals surface area contributed by atoms with Crippen LogP contribution in [0.4, 0.5) is 0 Å². The van der Waals surface area contributed by atoms with Crippen LogP contribution in [0.1, 0.15) is 24.0 Å². The number of ether oxygens (including phenoxy) is 2. The number of aryl methyl sites for hydroxylation is 1. The van der Waals surface area contributed by atoms with Crippen LogP contribution in [0.2, 0.25) is 0 Å². The van der Waals surface area contributed by atoms with E-state index in [2.05, 4.69) is 13.0 Å². The quantitative estimate of drug-likeness (QED) is 0.756. The van der Waals surface area contributed by atoms with E-state index in [1.54, 1.807) is 7.11 Å². The van der Waals surface area contributed by atoms with Gasteiger partial charge in [-0.3, -0.25) is 0 Å². The van der Waals surface area contributed by atoms with Crippen LogP contribution in [0.15, 0.2) is 18.2 Å². The molecule has 1 aromatic rings. The molecule has 0 radical (unpaired) electrons. The highest BCUT2D eigenvalue weighted by molar-refractivity contribution is 5.37. The largest absolute Gasteiger partial charge is 0.496 e.